The molecule has 15 heavy (non-hydrogen) atoms. The number of H-pyrrole nitrogens is 2. The second-order valence-corrected chi connectivity index (χ2v) is 3.25. The minimum Gasteiger partial charge on any atom is -0.392 e. The Morgan fingerprint density at radius 3 is 3.20 bits per heavy atom. The van der Waals surface area contributed by atoms with Gasteiger partial charge in [-0.15, -0.1) is 0 Å². The molecule has 2 aromatic heterocycles. The van der Waals surface area contributed by atoms with Crippen molar-refractivity contribution in [1.29, 1.82) is 0 Å². The largest absolute Gasteiger partial charge is 0.392 e. The number of aliphatic hydroxyl groups excluding tert-OH is 1. The Morgan fingerprint density at radius 1 is 1.67 bits per heavy atom. The number of rotatable bonds is 3. The highest BCUT2D eigenvalue weighted by molar-refractivity contribution is 5.69. The molecular weight excluding hydrogens is 198 g/mol. The quantitative estimate of drug-likeness (QED) is 0.542. The first-order valence-electron chi connectivity index (χ1n) is 4.52. The lowest BCUT2D eigenvalue weighted by atomic mass is 10.4. The van der Waals surface area contributed by atoms with E-state index in [0.717, 1.165) is 0 Å². The van der Waals surface area contributed by atoms with Crippen molar-refractivity contribution in [3.05, 3.63) is 16.7 Å². The molecular formula is C8H11N5O2. The van der Waals surface area contributed by atoms with Gasteiger partial charge in [0.1, 0.15) is 0 Å². The van der Waals surface area contributed by atoms with E-state index in [2.05, 4.69) is 25.3 Å². The van der Waals surface area contributed by atoms with Crippen molar-refractivity contribution in [2.45, 2.75) is 13.0 Å². The fourth-order valence-corrected chi connectivity index (χ4v) is 1.17. The molecule has 80 valence electrons. The van der Waals surface area contributed by atoms with Crippen LogP contribution in [0.5, 0.6) is 0 Å². The van der Waals surface area contributed by atoms with Crippen LogP contribution in [0, 0.1) is 0 Å². The van der Waals surface area contributed by atoms with Crippen molar-refractivity contribution in [3.63, 3.8) is 0 Å². The molecule has 4 N–H and O–H groups in total. The number of fused-ring (bicyclic) bond motifs is 1. The van der Waals surface area contributed by atoms with Crippen LogP contribution in [0.4, 0.5) is 5.95 Å². The van der Waals surface area contributed by atoms with E-state index < -0.39 is 6.10 Å². The number of imidazole rings is 1. The summed E-state index contributed by atoms with van der Waals surface area (Å²) in [6.07, 6.45) is 0.899. The third-order valence-corrected chi connectivity index (χ3v) is 1.86. The first-order chi connectivity index (χ1) is 7.16. The van der Waals surface area contributed by atoms with Crippen molar-refractivity contribution in [3.8, 4) is 0 Å². The molecule has 7 heteroatoms. The zero-order valence-electron chi connectivity index (χ0n) is 8.11. The Labute approximate surface area is 84.6 Å². The van der Waals surface area contributed by atoms with E-state index in [-0.39, 0.29) is 5.56 Å². The van der Waals surface area contributed by atoms with Gasteiger partial charge in [0.2, 0.25) is 5.95 Å². The van der Waals surface area contributed by atoms with Crippen LogP contribution in [0.25, 0.3) is 11.2 Å². The zero-order chi connectivity index (χ0) is 10.8. The lowest BCUT2D eigenvalue weighted by Gasteiger charge is -2.06. The second-order valence-electron chi connectivity index (χ2n) is 3.25. The fourth-order valence-electron chi connectivity index (χ4n) is 1.17. The van der Waals surface area contributed by atoms with Crippen LogP contribution in [0.1, 0.15) is 6.92 Å². The summed E-state index contributed by atoms with van der Waals surface area (Å²) in [6.45, 7) is 1.96. The number of anilines is 1. The topological polar surface area (TPSA) is 107 Å². The lowest BCUT2D eigenvalue weighted by Crippen LogP contribution is -2.19. The third kappa shape index (κ3) is 1.96. The average Bonchev–Trinajstić information content (AvgIpc) is 2.63. The van der Waals surface area contributed by atoms with E-state index in [1.54, 1.807) is 6.92 Å². The third-order valence-electron chi connectivity index (χ3n) is 1.86. The van der Waals surface area contributed by atoms with E-state index >= 15 is 0 Å². The summed E-state index contributed by atoms with van der Waals surface area (Å²) in [7, 11) is 0. The van der Waals surface area contributed by atoms with Gasteiger partial charge in [-0.25, -0.2) is 4.98 Å². The predicted octanol–water partition coefficient (Wildman–Crippen LogP) is -0.561. The van der Waals surface area contributed by atoms with Gasteiger partial charge in [-0.05, 0) is 6.92 Å². The zero-order valence-corrected chi connectivity index (χ0v) is 8.11. The van der Waals surface area contributed by atoms with Crippen LogP contribution in [0.3, 0.4) is 0 Å². The number of aromatic amines is 2. The van der Waals surface area contributed by atoms with E-state index in [1.165, 1.54) is 6.33 Å². The molecule has 0 bridgehead atoms. The van der Waals surface area contributed by atoms with E-state index in [1.807, 2.05) is 0 Å². The summed E-state index contributed by atoms with van der Waals surface area (Å²) in [5.74, 6) is 0.306. The fraction of sp³-hybridized carbons (Fsp3) is 0.375. The van der Waals surface area contributed by atoms with E-state index in [9.17, 15) is 4.79 Å². The number of hydrogen-bond acceptors (Lipinski definition) is 5. The van der Waals surface area contributed by atoms with Crippen molar-refractivity contribution < 1.29 is 5.11 Å². The number of nitrogens with one attached hydrogen (secondary N) is 3. The predicted molar refractivity (Wildman–Crippen MR) is 54.7 cm³/mol. The van der Waals surface area contributed by atoms with Gasteiger partial charge in [0.15, 0.2) is 11.2 Å². The minimum atomic E-state index is -0.509. The molecule has 0 saturated heterocycles. The molecule has 0 aliphatic carbocycles. The molecule has 1 atom stereocenters. The van der Waals surface area contributed by atoms with Crippen molar-refractivity contribution >= 4 is 17.1 Å². The van der Waals surface area contributed by atoms with Gasteiger partial charge in [0, 0.05) is 6.54 Å². The summed E-state index contributed by atoms with van der Waals surface area (Å²) < 4.78 is 0. The molecule has 0 amide bonds. The Hall–Kier alpha value is -1.89. The molecule has 0 radical (unpaired) electrons. The van der Waals surface area contributed by atoms with Gasteiger partial charge >= 0.3 is 0 Å². The Kier molecular flexibility index (Phi) is 2.38. The Morgan fingerprint density at radius 2 is 2.47 bits per heavy atom. The standard InChI is InChI=1S/C8H11N5O2/c1-4(14)2-9-8-12-6-5(7(15)13-8)10-3-11-6/h3-4,14H,2H2,1H3,(H3,9,10,11,12,13,15). The highest BCUT2D eigenvalue weighted by Gasteiger charge is 2.05. The van der Waals surface area contributed by atoms with Crippen molar-refractivity contribution in [1.82, 2.24) is 19.9 Å². The van der Waals surface area contributed by atoms with Crippen LogP contribution in [0.2, 0.25) is 0 Å². The lowest BCUT2D eigenvalue weighted by molar-refractivity contribution is 0.208. The van der Waals surface area contributed by atoms with Gasteiger partial charge in [0.05, 0.1) is 12.4 Å². The summed E-state index contributed by atoms with van der Waals surface area (Å²) in [5, 5.41) is 11.8. The molecule has 0 aromatic carbocycles. The maximum atomic E-state index is 11.4. The molecule has 0 saturated carbocycles. The van der Waals surface area contributed by atoms with Gasteiger partial charge < -0.3 is 15.4 Å². The molecule has 0 spiro atoms. The molecule has 2 heterocycles. The van der Waals surface area contributed by atoms with Crippen LogP contribution >= 0.6 is 0 Å². The van der Waals surface area contributed by atoms with Gasteiger partial charge in [-0.2, -0.15) is 4.98 Å². The highest BCUT2D eigenvalue weighted by Crippen LogP contribution is 2.02. The number of aromatic nitrogens is 4. The van der Waals surface area contributed by atoms with Crippen molar-refractivity contribution in [2.75, 3.05) is 11.9 Å². The summed E-state index contributed by atoms with van der Waals surface area (Å²) >= 11 is 0. The normalized spacial score (nSPS) is 12.9. The Bertz CT molecular complexity index is 515. The maximum absolute atomic E-state index is 11.4. The molecule has 0 aliphatic heterocycles. The molecule has 1 unspecified atom stereocenters. The number of hydrogen-bond donors (Lipinski definition) is 4. The minimum absolute atomic E-state index is 0.286. The van der Waals surface area contributed by atoms with E-state index in [4.69, 9.17) is 5.11 Å². The summed E-state index contributed by atoms with van der Waals surface area (Å²) in [5.41, 5.74) is 0.412. The SMILES string of the molecule is CC(O)CNc1nc2nc[nH]c2c(=O)[nH]1. The average molecular weight is 209 g/mol. The van der Waals surface area contributed by atoms with Crippen LogP contribution < -0.4 is 10.9 Å². The first kappa shape index (κ1) is 9.66. The number of aliphatic hydroxyl groups is 1. The first-order valence-corrected chi connectivity index (χ1v) is 4.52. The molecule has 0 aliphatic rings. The molecule has 2 aromatic rings. The van der Waals surface area contributed by atoms with Gasteiger partial charge in [-0.1, -0.05) is 0 Å². The van der Waals surface area contributed by atoms with Crippen LogP contribution in [-0.4, -0.2) is 37.7 Å². The van der Waals surface area contributed by atoms with E-state index in [0.29, 0.717) is 23.7 Å². The second kappa shape index (κ2) is 3.70. The Balaban J connectivity index is 2.33. The summed E-state index contributed by atoms with van der Waals surface area (Å²) in [6, 6.07) is 0. The maximum Gasteiger partial charge on any atom is 0.278 e. The highest BCUT2D eigenvalue weighted by atomic mass is 16.3. The molecule has 0 fully saturated rings. The van der Waals surface area contributed by atoms with Crippen LogP contribution in [-0.2, 0) is 0 Å². The molecule has 7 nitrogen and oxygen atoms in total. The van der Waals surface area contributed by atoms with Crippen molar-refractivity contribution in [2.24, 2.45) is 0 Å². The van der Waals surface area contributed by atoms with Crippen LogP contribution in [0.15, 0.2) is 11.1 Å². The molecule has 2 rings (SSSR count). The van der Waals surface area contributed by atoms with Gasteiger partial charge in [-0.3, -0.25) is 9.78 Å². The monoisotopic (exact) mass is 209 g/mol. The number of nitrogens with zero attached hydrogens (tertiary/aromatic N) is 2. The smallest absolute Gasteiger partial charge is 0.278 e. The summed E-state index contributed by atoms with van der Waals surface area (Å²) in [4.78, 5) is 24.6. The van der Waals surface area contributed by atoms with Gasteiger partial charge in [0.25, 0.3) is 5.56 Å².